The molecule has 2 nitrogen and oxygen atoms in total. The lowest BCUT2D eigenvalue weighted by Gasteiger charge is -2.11. The van der Waals surface area contributed by atoms with Gasteiger partial charge in [0.05, 0.1) is 22.9 Å². The number of hydrogen-bond acceptors (Lipinski definition) is 3. The zero-order valence-electron chi connectivity index (χ0n) is 29.8. The average molecular weight is 717 g/mol. The molecule has 0 aliphatic heterocycles. The third kappa shape index (κ3) is 5.32. The van der Waals surface area contributed by atoms with Crippen LogP contribution in [0.15, 0.2) is 194 Å². The third-order valence-electron chi connectivity index (χ3n) is 10.9. The number of rotatable bonds is 5. The van der Waals surface area contributed by atoms with Crippen LogP contribution >= 0.6 is 11.3 Å². The average Bonchev–Trinajstić information content (AvgIpc) is 3.66. The molecule has 2 heterocycles. The summed E-state index contributed by atoms with van der Waals surface area (Å²) in [5, 5.41) is 7.29. The van der Waals surface area contributed by atoms with Crippen LogP contribution < -0.4 is 0 Å². The summed E-state index contributed by atoms with van der Waals surface area (Å²) in [7, 11) is 0. The minimum absolute atomic E-state index is 0.870. The molecule has 256 valence electrons. The lowest BCUT2D eigenvalue weighted by molar-refractivity contribution is 1.31. The molecule has 11 rings (SSSR count). The van der Waals surface area contributed by atoms with Gasteiger partial charge >= 0.3 is 0 Å². The van der Waals surface area contributed by atoms with E-state index >= 15 is 0 Å². The molecule has 0 spiro atoms. The standard InChI is InChI=1S/C52H32N2S/c1-2-11-36(12-3-1)40-19-9-21-46-47-22-10-20-41(52(47)55-51(40)46)37-29-27-34(28-30-37)33-23-25-35(26-24-33)38-13-8-14-39(31-38)48-32-53-49-44-17-6-4-15-42(44)43-16-5-7-18-45(43)50(49)54-48/h1-32H. The first-order valence-corrected chi connectivity index (χ1v) is 19.5. The second-order valence-corrected chi connectivity index (χ2v) is 15.1. The maximum atomic E-state index is 5.22. The fraction of sp³-hybridized carbons (Fsp3) is 0. The van der Waals surface area contributed by atoms with Gasteiger partial charge in [0.25, 0.3) is 0 Å². The lowest BCUT2D eigenvalue weighted by atomic mass is 9.96. The van der Waals surface area contributed by atoms with Crippen LogP contribution in [0.2, 0.25) is 0 Å². The summed E-state index contributed by atoms with van der Waals surface area (Å²) in [6.45, 7) is 0. The van der Waals surface area contributed by atoms with E-state index in [4.69, 9.17) is 9.97 Å². The number of thiophene rings is 1. The van der Waals surface area contributed by atoms with Gasteiger partial charge in [-0.25, -0.2) is 4.98 Å². The fourth-order valence-corrected chi connectivity index (χ4v) is 9.58. The maximum Gasteiger partial charge on any atom is 0.0979 e. The highest BCUT2D eigenvalue weighted by atomic mass is 32.1. The van der Waals surface area contributed by atoms with Crippen molar-refractivity contribution in [2.24, 2.45) is 0 Å². The molecule has 0 aliphatic carbocycles. The Hall–Kier alpha value is -6.94. The van der Waals surface area contributed by atoms with Crippen LogP contribution in [0.25, 0.3) is 109 Å². The summed E-state index contributed by atoms with van der Waals surface area (Å²) in [5.41, 5.74) is 13.6. The van der Waals surface area contributed by atoms with Crippen molar-refractivity contribution in [1.29, 1.82) is 0 Å². The van der Waals surface area contributed by atoms with Crippen LogP contribution in [0.3, 0.4) is 0 Å². The van der Waals surface area contributed by atoms with E-state index < -0.39 is 0 Å². The van der Waals surface area contributed by atoms with E-state index in [2.05, 4.69) is 188 Å². The van der Waals surface area contributed by atoms with E-state index in [0.717, 1.165) is 38.6 Å². The number of fused-ring (bicyclic) bond motifs is 9. The molecule has 0 N–H and O–H groups in total. The summed E-state index contributed by atoms with van der Waals surface area (Å²) >= 11 is 1.90. The first-order valence-electron chi connectivity index (χ1n) is 18.6. The summed E-state index contributed by atoms with van der Waals surface area (Å²) in [4.78, 5) is 10.2. The summed E-state index contributed by atoms with van der Waals surface area (Å²) in [5.74, 6) is 0. The van der Waals surface area contributed by atoms with E-state index in [9.17, 15) is 0 Å². The highest BCUT2D eigenvalue weighted by molar-refractivity contribution is 7.26. The van der Waals surface area contributed by atoms with Crippen molar-refractivity contribution in [3.05, 3.63) is 194 Å². The summed E-state index contributed by atoms with van der Waals surface area (Å²) in [6, 6.07) is 67.6. The molecule has 0 saturated carbocycles. The number of benzene rings is 9. The van der Waals surface area contributed by atoms with Crippen molar-refractivity contribution in [3.8, 4) is 55.8 Å². The van der Waals surface area contributed by atoms with Crippen LogP contribution in [0.5, 0.6) is 0 Å². The molecule has 3 heteroatoms. The smallest absolute Gasteiger partial charge is 0.0979 e. The zero-order chi connectivity index (χ0) is 36.3. The Morgan fingerprint density at radius 2 is 0.745 bits per heavy atom. The van der Waals surface area contributed by atoms with Crippen LogP contribution in [0.1, 0.15) is 0 Å². The van der Waals surface area contributed by atoms with Crippen molar-refractivity contribution in [2.45, 2.75) is 0 Å². The van der Waals surface area contributed by atoms with Gasteiger partial charge in [0.1, 0.15) is 0 Å². The highest BCUT2D eigenvalue weighted by Gasteiger charge is 2.15. The van der Waals surface area contributed by atoms with Gasteiger partial charge in [-0.15, -0.1) is 11.3 Å². The Balaban J connectivity index is 0.896. The second kappa shape index (κ2) is 12.9. The molecule has 0 atom stereocenters. The first kappa shape index (κ1) is 31.6. The molecule has 0 radical (unpaired) electrons. The van der Waals surface area contributed by atoms with Crippen LogP contribution in [-0.2, 0) is 0 Å². The second-order valence-electron chi connectivity index (χ2n) is 14.1. The van der Waals surface area contributed by atoms with Crippen molar-refractivity contribution in [3.63, 3.8) is 0 Å². The maximum absolute atomic E-state index is 5.22. The van der Waals surface area contributed by atoms with Gasteiger partial charge < -0.3 is 0 Å². The molecule has 0 bridgehead atoms. The number of hydrogen-bond donors (Lipinski definition) is 0. The molecule has 0 amide bonds. The van der Waals surface area contributed by atoms with E-state index in [-0.39, 0.29) is 0 Å². The number of aromatic nitrogens is 2. The molecule has 55 heavy (non-hydrogen) atoms. The third-order valence-corrected chi connectivity index (χ3v) is 12.2. The van der Waals surface area contributed by atoms with E-state index in [1.54, 1.807) is 0 Å². The largest absolute Gasteiger partial charge is 0.252 e. The Morgan fingerprint density at radius 1 is 0.309 bits per heavy atom. The quantitative estimate of drug-likeness (QED) is 0.166. The normalized spacial score (nSPS) is 11.6. The molecule has 0 fully saturated rings. The first-order chi connectivity index (χ1) is 27.3. The fourth-order valence-electron chi connectivity index (χ4n) is 8.21. The van der Waals surface area contributed by atoms with Crippen molar-refractivity contribution < 1.29 is 0 Å². The van der Waals surface area contributed by atoms with Gasteiger partial charge in [-0.1, -0.05) is 182 Å². The number of nitrogens with zero attached hydrogens (tertiary/aromatic N) is 2. The molecular formula is C52H32N2S. The van der Waals surface area contributed by atoms with Gasteiger partial charge in [0, 0.05) is 36.5 Å². The molecular weight excluding hydrogens is 685 g/mol. The summed E-state index contributed by atoms with van der Waals surface area (Å²) < 4.78 is 2.67. The van der Waals surface area contributed by atoms with Gasteiger partial charge in [0.15, 0.2) is 0 Å². The predicted molar refractivity (Wildman–Crippen MR) is 235 cm³/mol. The molecule has 9 aromatic carbocycles. The SMILES string of the molecule is c1ccc(-c2cccc3c2sc2c(-c4ccc(-c5ccc(-c6cccc(-c7cnc8c9ccccc9c9ccccc9c8n7)c6)cc5)cc4)cccc23)cc1. The minimum atomic E-state index is 0.870. The topological polar surface area (TPSA) is 25.8 Å². The lowest BCUT2D eigenvalue weighted by Crippen LogP contribution is -1.92. The minimum Gasteiger partial charge on any atom is -0.252 e. The monoisotopic (exact) mass is 716 g/mol. The zero-order valence-corrected chi connectivity index (χ0v) is 30.6. The van der Waals surface area contributed by atoms with Crippen molar-refractivity contribution in [2.75, 3.05) is 0 Å². The van der Waals surface area contributed by atoms with Crippen LogP contribution in [0, 0.1) is 0 Å². The van der Waals surface area contributed by atoms with E-state index in [0.29, 0.717) is 0 Å². The van der Waals surface area contributed by atoms with Crippen molar-refractivity contribution >= 4 is 64.1 Å². The van der Waals surface area contributed by atoms with Gasteiger partial charge in [-0.2, -0.15) is 0 Å². The van der Waals surface area contributed by atoms with Crippen LogP contribution in [-0.4, -0.2) is 9.97 Å². The van der Waals surface area contributed by atoms with Crippen LogP contribution in [0.4, 0.5) is 0 Å². The van der Waals surface area contributed by atoms with Gasteiger partial charge in [-0.3, -0.25) is 4.98 Å². The van der Waals surface area contributed by atoms with Gasteiger partial charge in [0.2, 0.25) is 0 Å². The molecule has 0 unspecified atom stereocenters. The summed E-state index contributed by atoms with van der Waals surface area (Å²) in [6.07, 6.45) is 1.92. The molecule has 11 aromatic rings. The Labute approximate surface area is 322 Å². The van der Waals surface area contributed by atoms with E-state index in [1.165, 1.54) is 69.9 Å². The molecule has 2 aromatic heterocycles. The Morgan fingerprint density at radius 3 is 1.36 bits per heavy atom. The molecule has 0 saturated heterocycles. The molecule has 0 aliphatic rings. The Kier molecular flexibility index (Phi) is 7.39. The van der Waals surface area contributed by atoms with Crippen molar-refractivity contribution in [1.82, 2.24) is 9.97 Å². The predicted octanol–water partition coefficient (Wildman–Crippen LogP) is 14.6. The van der Waals surface area contributed by atoms with Gasteiger partial charge in [-0.05, 0) is 61.3 Å². The Bertz CT molecular complexity index is 3200. The highest BCUT2D eigenvalue weighted by Crippen LogP contribution is 2.44. The van der Waals surface area contributed by atoms with E-state index in [1.807, 2.05) is 17.5 Å².